The highest BCUT2D eigenvalue weighted by atomic mass is 32.2. The molecular weight excluding hydrogens is 386 g/mol. The molecule has 0 aliphatic heterocycles. The van der Waals surface area contributed by atoms with Crippen LogP contribution in [0.25, 0.3) is 11.1 Å². The van der Waals surface area contributed by atoms with Gasteiger partial charge < -0.3 is 4.74 Å². The Morgan fingerprint density at radius 1 is 0.778 bits per heavy atom. The molecule has 0 radical (unpaired) electrons. The number of ether oxygens (including phenoxy) is 1. The van der Waals surface area contributed by atoms with Gasteiger partial charge in [0.25, 0.3) is 0 Å². The topological polar surface area (TPSA) is 104 Å². The van der Waals surface area contributed by atoms with Gasteiger partial charge in [-0.05, 0) is 35.9 Å². The van der Waals surface area contributed by atoms with Crippen LogP contribution in [-0.2, 0) is 19.9 Å². The van der Waals surface area contributed by atoms with Crippen LogP contribution in [0.2, 0.25) is 0 Å². The minimum absolute atomic E-state index is 0.0818. The average molecular weight is 403 g/mol. The summed E-state index contributed by atoms with van der Waals surface area (Å²) in [5.74, 6) is 0.369. The number of benzene rings is 3. The predicted octanol–water partition coefficient (Wildman–Crippen LogP) is 3.20. The molecule has 0 aliphatic carbocycles. The number of rotatable bonds is 5. The van der Waals surface area contributed by atoms with E-state index in [1.807, 2.05) is 30.3 Å². The standard InChI is InChI=1S/C19H17NO5S2/c1-26(21,22)16-12-10-15(11-13-16)25-19-17(14-6-3-2-4-7-14)8-5-9-18(19)27(20,23)24/h2-13H,1H3,(H2,20,23,24). The van der Waals surface area contributed by atoms with E-state index in [9.17, 15) is 16.8 Å². The first kappa shape index (κ1) is 19.1. The lowest BCUT2D eigenvalue weighted by Gasteiger charge is -2.15. The van der Waals surface area contributed by atoms with Gasteiger partial charge in [0.15, 0.2) is 15.6 Å². The second-order valence-electron chi connectivity index (χ2n) is 5.89. The highest BCUT2D eigenvalue weighted by Gasteiger charge is 2.20. The van der Waals surface area contributed by atoms with Gasteiger partial charge in [-0.25, -0.2) is 22.0 Å². The maximum atomic E-state index is 12.0. The molecule has 0 unspecified atom stereocenters. The summed E-state index contributed by atoms with van der Waals surface area (Å²) in [6, 6.07) is 19.5. The van der Waals surface area contributed by atoms with Crippen molar-refractivity contribution in [2.24, 2.45) is 5.14 Å². The number of sulfonamides is 1. The molecule has 2 N–H and O–H groups in total. The third-order valence-corrected chi connectivity index (χ3v) is 5.91. The zero-order valence-electron chi connectivity index (χ0n) is 14.4. The summed E-state index contributed by atoms with van der Waals surface area (Å²) < 4.78 is 53.1. The highest BCUT2D eigenvalue weighted by Crippen LogP contribution is 2.38. The first-order chi connectivity index (χ1) is 12.7. The Morgan fingerprint density at radius 3 is 1.96 bits per heavy atom. The Morgan fingerprint density at radius 2 is 1.41 bits per heavy atom. The SMILES string of the molecule is CS(=O)(=O)c1ccc(Oc2c(-c3ccccc3)cccc2S(N)(=O)=O)cc1. The van der Waals surface area contributed by atoms with Gasteiger partial charge in [-0.15, -0.1) is 0 Å². The molecule has 140 valence electrons. The fraction of sp³-hybridized carbons (Fsp3) is 0.0526. The normalized spacial score (nSPS) is 11.9. The van der Waals surface area contributed by atoms with E-state index in [1.54, 1.807) is 12.1 Å². The van der Waals surface area contributed by atoms with Crippen molar-refractivity contribution in [1.29, 1.82) is 0 Å². The van der Waals surface area contributed by atoms with Gasteiger partial charge in [-0.2, -0.15) is 0 Å². The molecule has 0 saturated carbocycles. The molecule has 3 rings (SSSR count). The largest absolute Gasteiger partial charge is 0.455 e. The molecule has 0 saturated heterocycles. The molecule has 0 amide bonds. The molecule has 8 heteroatoms. The number of hydrogen-bond acceptors (Lipinski definition) is 5. The summed E-state index contributed by atoms with van der Waals surface area (Å²) in [6.45, 7) is 0. The maximum absolute atomic E-state index is 12.0. The summed E-state index contributed by atoms with van der Waals surface area (Å²) >= 11 is 0. The Balaban J connectivity index is 2.13. The van der Waals surface area contributed by atoms with E-state index < -0.39 is 19.9 Å². The quantitative estimate of drug-likeness (QED) is 0.705. The molecule has 3 aromatic rings. The number of hydrogen-bond donors (Lipinski definition) is 1. The lowest BCUT2D eigenvalue weighted by molar-refractivity contribution is 0.469. The van der Waals surface area contributed by atoms with Gasteiger partial charge in [0.05, 0.1) is 4.90 Å². The molecule has 0 aromatic heterocycles. The van der Waals surface area contributed by atoms with Crippen molar-refractivity contribution < 1.29 is 21.6 Å². The molecular formula is C19H17NO5S2. The minimum Gasteiger partial charge on any atom is -0.455 e. The van der Waals surface area contributed by atoms with Crippen LogP contribution in [0.4, 0.5) is 0 Å². The van der Waals surface area contributed by atoms with Crippen LogP contribution in [0.15, 0.2) is 82.6 Å². The van der Waals surface area contributed by atoms with E-state index in [4.69, 9.17) is 9.88 Å². The maximum Gasteiger partial charge on any atom is 0.241 e. The average Bonchev–Trinajstić information content (AvgIpc) is 2.61. The Kier molecular flexibility index (Phi) is 5.05. The van der Waals surface area contributed by atoms with Gasteiger partial charge in [-0.1, -0.05) is 42.5 Å². The van der Waals surface area contributed by atoms with Gasteiger partial charge >= 0.3 is 0 Å². The van der Waals surface area contributed by atoms with Crippen molar-refractivity contribution in [3.05, 3.63) is 72.8 Å². The molecule has 0 aliphatic rings. The van der Waals surface area contributed by atoms with Crippen LogP contribution in [0.1, 0.15) is 0 Å². The summed E-state index contributed by atoms with van der Waals surface area (Å²) in [6.07, 6.45) is 1.10. The summed E-state index contributed by atoms with van der Waals surface area (Å²) in [5, 5.41) is 5.35. The van der Waals surface area contributed by atoms with Crippen molar-refractivity contribution in [2.75, 3.05) is 6.26 Å². The van der Waals surface area contributed by atoms with Gasteiger partial charge in [-0.3, -0.25) is 0 Å². The fourth-order valence-electron chi connectivity index (χ4n) is 2.56. The lowest BCUT2D eigenvalue weighted by atomic mass is 10.0. The van der Waals surface area contributed by atoms with Crippen LogP contribution in [0.3, 0.4) is 0 Å². The van der Waals surface area contributed by atoms with Crippen LogP contribution in [-0.4, -0.2) is 23.1 Å². The van der Waals surface area contributed by atoms with E-state index >= 15 is 0 Å². The fourth-order valence-corrected chi connectivity index (χ4v) is 3.87. The smallest absolute Gasteiger partial charge is 0.241 e. The van der Waals surface area contributed by atoms with E-state index in [0.717, 1.165) is 11.8 Å². The molecule has 27 heavy (non-hydrogen) atoms. The van der Waals surface area contributed by atoms with E-state index in [2.05, 4.69) is 0 Å². The predicted molar refractivity (Wildman–Crippen MR) is 103 cm³/mol. The third-order valence-electron chi connectivity index (χ3n) is 3.84. The molecule has 3 aromatic carbocycles. The number of sulfone groups is 1. The summed E-state index contributed by atoms with van der Waals surface area (Å²) in [7, 11) is -7.38. The van der Waals surface area contributed by atoms with E-state index in [-0.39, 0.29) is 21.3 Å². The molecule has 0 atom stereocenters. The van der Waals surface area contributed by atoms with Crippen molar-refractivity contribution >= 4 is 19.9 Å². The number of primary sulfonamides is 1. The Hall–Kier alpha value is -2.68. The van der Waals surface area contributed by atoms with Gasteiger partial charge in [0.1, 0.15) is 10.6 Å². The molecule has 0 bridgehead atoms. The van der Waals surface area contributed by atoms with Crippen LogP contribution < -0.4 is 9.88 Å². The Bertz CT molecular complexity index is 1170. The van der Waals surface area contributed by atoms with Crippen molar-refractivity contribution in [3.8, 4) is 22.6 Å². The second-order valence-corrected chi connectivity index (χ2v) is 9.44. The third kappa shape index (κ3) is 4.36. The second kappa shape index (κ2) is 7.15. The zero-order chi connectivity index (χ0) is 19.7. The van der Waals surface area contributed by atoms with E-state index in [0.29, 0.717) is 5.56 Å². The van der Waals surface area contributed by atoms with Crippen LogP contribution in [0, 0.1) is 0 Å². The molecule has 6 nitrogen and oxygen atoms in total. The Labute approximate surface area is 158 Å². The van der Waals surface area contributed by atoms with Crippen molar-refractivity contribution in [2.45, 2.75) is 9.79 Å². The number of para-hydroxylation sites is 1. The number of nitrogens with two attached hydrogens (primary N) is 1. The molecule has 0 heterocycles. The van der Waals surface area contributed by atoms with Crippen LogP contribution >= 0.6 is 0 Å². The minimum atomic E-state index is -4.04. The molecule has 0 fully saturated rings. The van der Waals surface area contributed by atoms with Crippen molar-refractivity contribution in [1.82, 2.24) is 0 Å². The van der Waals surface area contributed by atoms with Gasteiger partial charge in [0, 0.05) is 11.8 Å². The summed E-state index contributed by atoms with van der Waals surface area (Å²) in [4.78, 5) is -0.0195. The highest BCUT2D eigenvalue weighted by molar-refractivity contribution is 7.90. The first-order valence-corrected chi connectivity index (χ1v) is 11.3. The zero-order valence-corrected chi connectivity index (χ0v) is 16.0. The van der Waals surface area contributed by atoms with Gasteiger partial charge in [0.2, 0.25) is 10.0 Å². The van der Waals surface area contributed by atoms with Crippen molar-refractivity contribution in [3.63, 3.8) is 0 Å². The van der Waals surface area contributed by atoms with E-state index in [1.165, 1.54) is 30.3 Å². The van der Waals surface area contributed by atoms with Crippen LogP contribution in [0.5, 0.6) is 11.5 Å². The lowest BCUT2D eigenvalue weighted by Crippen LogP contribution is -2.13. The first-order valence-electron chi connectivity index (χ1n) is 7.85. The summed E-state index contributed by atoms with van der Waals surface area (Å²) in [5.41, 5.74) is 1.31. The molecule has 0 spiro atoms. The monoisotopic (exact) mass is 403 g/mol.